The molecule has 2 rings (SSSR count). The molecule has 2 aromatic rings. The van der Waals surface area contributed by atoms with Gasteiger partial charge in [0.2, 0.25) is 0 Å². The third kappa shape index (κ3) is 4.14. The molecule has 3 N–H and O–H groups in total. The Hall–Kier alpha value is -2.25. The summed E-state index contributed by atoms with van der Waals surface area (Å²) in [5.41, 5.74) is 7.84. The molecule has 0 aliphatic rings. The van der Waals surface area contributed by atoms with Gasteiger partial charge in [0.25, 0.3) is 11.8 Å². The number of aryl methyl sites for hydroxylation is 1. The summed E-state index contributed by atoms with van der Waals surface area (Å²) >= 11 is 1.41. The number of benzene rings is 1. The number of anilines is 1. The Kier molecular flexibility index (Phi) is 5.46. The first-order valence-corrected chi connectivity index (χ1v) is 8.08. The number of hydrogen-bond donors (Lipinski definition) is 2. The van der Waals surface area contributed by atoms with Gasteiger partial charge in [0.15, 0.2) is 0 Å². The molecule has 2 amide bonds. The van der Waals surface area contributed by atoms with Gasteiger partial charge in [-0.15, -0.1) is 11.3 Å². The molecule has 0 spiro atoms. The van der Waals surface area contributed by atoms with E-state index in [2.05, 4.69) is 10.3 Å². The average Bonchev–Trinajstić information content (AvgIpc) is 2.97. The SMILES string of the molecule is Cc1ccc(NC(=O)c2csc(CCN)n2)cc1C(=O)N(C)C. The highest BCUT2D eigenvalue weighted by molar-refractivity contribution is 7.09. The number of aromatic nitrogens is 1. The number of hydrogen-bond acceptors (Lipinski definition) is 5. The van der Waals surface area contributed by atoms with E-state index in [-0.39, 0.29) is 11.8 Å². The highest BCUT2D eigenvalue weighted by Gasteiger charge is 2.14. The van der Waals surface area contributed by atoms with Crippen LogP contribution in [0.2, 0.25) is 0 Å². The Balaban J connectivity index is 2.17. The van der Waals surface area contributed by atoms with Crippen molar-refractivity contribution in [1.29, 1.82) is 0 Å². The molecule has 0 aliphatic carbocycles. The van der Waals surface area contributed by atoms with Crippen LogP contribution in [0.5, 0.6) is 0 Å². The standard InChI is InChI=1S/C16H20N4O2S/c1-10-4-5-11(8-12(10)16(22)20(2)3)18-15(21)13-9-23-14(19-13)6-7-17/h4-5,8-9H,6-7,17H2,1-3H3,(H,18,21). The van der Waals surface area contributed by atoms with Crippen LogP contribution in [0.1, 0.15) is 31.4 Å². The van der Waals surface area contributed by atoms with Crippen LogP contribution in [0.15, 0.2) is 23.6 Å². The van der Waals surface area contributed by atoms with E-state index in [1.807, 2.05) is 13.0 Å². The van der Waals surface area contributed by atoms with Gasteiger partial charge in [-0.3, -0.25) is 9.59 Å². The first kappa shape index (κ1) is 17.1. The smallest absolute Gasteiger partial charge is 0.275 e. The lowest BCUT2D eigenvalue weighted by Gasteiger charge is -2.14. The average molecular weight is 332 g/mol. The number of rotatable bonds is 5. The lowest BCUT2D eigenvalue weighted by Crippen LogP contribution is -2.23. The summed E-state index contributed by atoms with van der Waals surface area (Å²) in [5.74, 6) is -0.394. The maximum absolute atomic E-state index is 12.2. The predicted octanol–water partition coefficient (Wildman–Crippen LogP) is 1.91. The monoisotopic (exact) mass is 332 g/mol. The molecule has 1 aromatic carbocycles. The number of carbonyl (C=O) groups excluding carboxylic acids is 2. The quantitative estimate of drug-likeness (QED) is 0.875. The molecule has 7 heteroatoms. The van der Waals surface area contributed by atoms with Crippen molar-refractivity contribution in [3.8, 4) is 0 Å². The van der Waals surface area contributed by atoms with Crippen LogP contribution in [0, 0.1) is 6.92 Å². The van der Waals surface area contributed by atoms with Gasteiger partial charge < -0.3 is 16.0 Å². The Bertz CT molecular complexity index is 725. The van der Waals surface area contributed by atoms with Crippen molar-refractivity contribution >= 4 is 28.8 Å². The fourth-order valence-corrected chi connectivity index (χ4v) is 2.81. The molecule has 0 unspecified atom stereocenters. The largest absolute Gasteiger partial charge is 0.345 e. The van der Waals surface area contributed by atoms with Crippen LogP contribution in [0.3, 0.4) is 0 Å². The van der Waals surface area contributed by atoms with E-state index < -0.39 is 0 Å². The predicted molar refractivity (Wildman–Crippen MR) is 92.0 cm³/mol. The van der Waals surface area contributed by atoms with Gasteiger partial charge in [-0.05, 0) is 31.2 Å². The van der Waals surface area contributed by atoms with Crippen molar-refractivity contribution in [2.75, 3.05) is 26.0 Å². The molecule has 1 heterocycles. The molecule has 0 saturated carbocycles. The molecular weight excluding hydrogens is 312 g/mol. The van der Waals surface area contributed by atoms with E-state index in [1.165, 1.54) is 16.2 Å². The van der Waals surface area contributed by atoms with Gasteiger partial charge in [-0.25, -0.2) is 4.98 Å². The third-order valence-corrected chi connectivity index (χ3v) is 4.18. The summed E-state index contributed by atoms with van der Waals surface area (Å²) in [5, 5.41) is 5.33. The first-order chi connectivity index (χ1) is 10.9. The molecule has 122 valence electrons. The number of carbonyl (C=O) groups is 2. The summed E-state index contributed by atoms with van der Waals surface area (Å²) in [6.45, 7) is 2.37. The van der Waals surface area contributed by atoms with Crippen LogP contribution in [0.25, 0.3) is 0 Å². The number of nitrogens with one attached hydrogen (secondary N) is 1. The van der Waals surface area contributed by atoms with Gasteiger partial charge in [-0.2, -0.15) is 0 Å². The van der Waals surface area contributed by atoms with E-state index in [9.17, 15) is 9.59 Å². The zero-order valence-corrected chi connectivity index (χ0v) is 14.2. The van der Waals surface area contributed by atoms with Crippen molar-refractivity contribution in [3.63, 3.8) is 0 Å². The van der Waals surface area contributed by atoms with Crippen LogP contribution in [0.4, 0.5) is 5.69 Å². The molecule has 0 aliphatic heterocycles. The number of nitrogens with two attached hydrogens (primary N) is 1. The molecular formula is C16H20N4O2S. The van der Waals surface area contributed by atoms with Crippen molar-refractivity contribution in [3.05, 3.63) is 45.4 Å². The van der Waals surface area contributed by atoms with Crippen LogP contribution in [-0.2, 0) is 6.42 Å². The molecule has 0 bridgehead atoms. The summed E-state index contributed by atoms with van der Waals surface area (Å²) < 4.78 is 0. The van der Waals surface area contributed by atoms with Crippen molar-refractivity contribution in [1.82, 2.24) is 9.88 Å². The summed E-state index contributed by atoms with van der Waals surface area (Å²) in [6.07, 6.45) is 0.657. The lowest BCUT2D eigenvalue weighted by atomic mass is 10.1. The van der Waals surface area contributed by atoms with Crippen molar-refractivity contribution in [2.45, 2.75) is 13.3 Å². The minimum atomic E-state index is -0.295. The van der Waals surface area contributed by atoms with Crippen LogP contribution < -0.4 is 11.1 Å². The molecule has 0 atom stereocenters. The Morgan fingerprint density at radius 1 is 1.35 bits per heavy atom. The topological polar surface area (TPSA) is 88.3 Å². The minimum Gasteiger partial charge on any atom is -0.345 e. The van der Waals surface area contributed by atoms with E-state index in [1.54, 1.807) is 31.6 Å². The van der Waals surface area contributed by atoms with Gasteiger partial charge in [0.1, 0.15) is 5.69 Å². The Labute approximate surface area is 139 Å². The van der Waals surface area contributed by atoms with Gasteiger partial charge >= 0.3 is 0 Å². The molecule has 23 heavy (non-hydrogen) atoms. The van der Waals surface area contributed by atoms with E-state index >= 15 is 0 Å². The summed E-state index contributed by atoms with van der Waals surface area (Å²) in [6, 6.07) is 5.27. The van der Waals surface area contributed by atoms with E-state index in [4.69, 9.17) is 5.73 Å². The van der Waals surface area contributed by atoms with E-state index in [0.717, 1.165) is 10.6 Å². The summed E-state index contributed by atoms with van der Waals surface area (Å²) in [7, 11) is 3.39. The maximum atomic E-state index is 12.2. The molecule has 0 radical (unpaired) electrons. The minimum absolute atomic E-state index is 0.0995. The zero-order chi connectivity index (χ0) is 17.0. The highest BCUT2D eigenvalue weighted by Crippen LogP contribution is 2.18. The van der Waals surface area contributed by atoms with Crippen molar-refractivity contribution < 1.29 is 9.59 Å². The number of nitrogens with zero attached hydrogens (tertiary/aromatic N) is 2. The molecule has 6 nitrogen and oxygen atoms in total. The van der Waals surface area contributed by atoms with Crippen molar-refractivity contribution in [2.24, 2.45) is 5.73 Å². The first-order valence-electron chi connectivity index (χ1n) is 7.20. The zero-order valence-electron chi connectivity index (χ0n) is 13.4. The molecule has 0 fully saturated rings. The van der Waals surface area contributed by atoms with Gasteiger partial charge in [0, 0.05) is 37.1 Å². The second-order valence-corrected chi connectivity index (χ2v) is 6.29. The summed E-state index contributed by atoms with van der Waals surface area (Å²) in [4.78, 5) is 30.1. The fraction of sp³-hybridized carbons (Fsp3) is 0.312. The second kappa shape index (κ2) is 7.34. The second-order valence-electron chi connectivity index (χ2n) is 5.35. The number of thiazole rings is 1. The lowest BCUT2D eigenvalue weighted by molar-refractivity contribution is 0.0826. The number of amides is 2. The maximum Gasteiger partial charge on any atom is 0.275 e. The Morgan fingerprint density at radius 3 is 2.74 bits per heavy atom. The Morgan fingerprint density at radius 2 is 2.09 bits per heavy atom. The van der Waals surface area contributed by atoms with Crippen LogP contribution in [-0.4, -0.2) is 42.3 Å². The molecule has 0 saturated heterocycles. The highest BCUT2D eigenvalue weighted by atomic mass is 32.1. The van der Waals surface area contributed by atoms with E-state index in [0.29, 0.717) is 29.9 Å². The normalized spacial score (nSPS) is 10.4. The van der Waals surface area contributed by atoms with Gasteiger partial charge in [0.05, 0.1) is 5.01 Å². The van der Waals surface area contributed by atoms with Crippen LogP contribution >= 0.6 is 11.3 Å². The third-order valence-electron chi connectivity index (χ3n) is 3.27. The molecule has 1 aromatic heterocycles. The fourth-order valence-electron chi connectivity index (χ4n) is 2.02. The van der Waals surface area contributed by atoms with Gasteiger partial charge in [-0.1, -0.05) is 6.07 Å².